The normalized spacial score (nSPS) is 10.3. The lowest BCUT2D eigenvalue weighted by atomic mass is 10.3. The predicted octanol–water partition coefficient (Wildman–Crippen LogP) is 1.37. The topological polar surface area (TPSA) is 55.0 Å². The average molecular weight is 224 g/mol. The fourth-order valence-electron chi connectivity index (χ4n) is 1.31. The van der Waals surface area contributed by atoms with Crippen LogP contribution in [0.3, 0.4) is 0 Å². The van der Waals surface area contributed by atoms with Crippen molar-refractivity contribution in [3.05, 3.63) is 18.3 Å². The highest BCUT2D eigenvalue weighted by atomic mass is 32.1. The fourth-order valence-corrected chi connectivity index (χ4v) is 1.41. The van der Waals surface area contributed by atoms with E-state index in [4.69, 9.17) is 18.0 Å². The van der Waals surface area contributed by atoms with Crippen molar-refractivity contribution in [3.63, 3.8) is 0 Å². The standard InChI is InChI=1S/C10H16N4S/c1-8(2)14(7-5-9(11)15)10-4-3-6-12-13-10/h3-4,6,8H,5,7H2,1-2H3,(H2,11,15). The zero-order valence-electron chi connectivity index (χ0n) is 9.05. The molecule has 0 bridgehead atoms. The molecular formula is C10H16N4S. The lowest BCUT2D eigenvalue weighted by Crippen LogP contribution is -2.34. The summed E-state index contributed by atoms with van der Waals surface area (Å²) in [7, 11) is 0. The van der Waals surface area contributed by atoms with Crippen molar-refractivity contribution >= 4 is 23.0 Å². The molecule has 0 spiro atoms. The smallest absolute Gasteiger partial charge is 0.151 e. The maximum absolute atomic E-state index is 5.49. The largest absolute Gasteiger partial charge is 0.393 e. The zero-order chi connectivity index (χ0) is 11.3. The van der Waals surface area contributed by atoms with E-state index in [1.54, 1.807) is 6.20 Å². The van der Waals surface area contributed by atoms with E-state index in [0.717, 1.165) is 12.4 Å². The fraction of sp³-hybridized carbons (Fsp3) is 0.500. The summed E-state index contributed by atoms with van der Waals surface area (Å²) in [5, 5.41) is 7.93. The molecule has 0 saturated heterocycles. The number of aromatic nitrogens is 2. The molecule has 0 radical (unpaired) electrons. The molecule has 0 aromatic carbocycles. The summed E-state index contributed by atoms with van der Waals surface area (Å²) in [6.07, 6.45) is 2.36. The first-order chi connectivity index (χ1) is 7.11. The summed E-state index contributed by atoms with van der Waals surface area (Å²) in [6.45, 7) is 4.99. The van der Waals surface area contributed by atoms with Crippen molar-refractivity contribution in [2.75, 3.05) is 11.4 Å². The first-order valence-corrected chi connectivity index (χ1v) is 5.34. The number of anilines is 1. The van der Waals surface area contributed by atoms with E-state index in [1.807, 2.05) is 12.1 Å². The van der Waals surface area contributed by atoms with Gasteiger partial charge >= 0.3 is 0 Å². The van der Waals surface area contributed by atoms with E-state index in [-0.39, 0.29) is 0 Å². The van der Waals surface area contributed by atoms with Crippen molar-refractivity contribution in [2.24, 2.45) is 5.73 Å². The lowest BCUT2D eigenvalue weighted by Gasteiger charge is -2.26. The molecule has 1 aromatic heterocycles. The Kier molecular flexibility index (Phi) is 4.42. The zero-order valence-corrected chi connectivity index (χ0v) is 9.87. The van der Waals surface area contributed by atoms with Crippen LogP contribution in [0.5, 0.6) is 0 Å². The van der Waals surface area contributed by atoms with Crippen LogP contribution in [-0.2, 0) is 0 Å². The van der Waals surface area contributed by atoms with Gasteiger partial charge in [-0.3, -0.25) is 0 Å². The van der Waals surface area contributed by atoms with Gasteiger partial charge in [-0.05, 0) is 26.0 Å². The van der Waals surface area contributed by atoms with Crippen LogP contribution in [0.4, 0.5) is 5.82 Å². The summed E-state index contributed by atoms with van der Waals surface area (Å²) in [6, 6.07) is 4.17. The van der Waals surface area contributed by atoms with Gasteiger partial charge in [0, 0.05) is 25.2 Å². The van der Waals surface area contributed by atoms with E-state index in [9.17, 15) is 0 Å². The molecule has 0 aliphatic carbocycles. The lowest BCUT2D eigenvalue weighted by molar-refractivity contribution is 0.674. The second-order valence-electron chi connectivity index (χ2n) is 3.59. The summed E-state index contributed by atoms with van der Waals surface area (Å²) >= 11 is 4.87. The Morgan fingerprint density at radius 3 is 2.80 bits per heavy atom. The Hall–Kier alpha value is -1.23. The molecule has 15 heavy (non-hydrogen) atoms. The monoisotopic (exact) mass is 224 g/mol. The van der Waals surface area contributed by atoms with Crippen LogP contribution in [0.2, 0.25) is 0 Å². The Bertz CT molecular complexity index is 312. The molecule has 1 heterocycles. The van der Waals surface area contributed by atoms with Gasteiger partial charge < -0.3 is 10.6 Å². The van der Waals surface area contributed by atoms with Crippen molar-refractivity contribution in [1.29, 1.82) is 0 Å². The van der Waals surface area contributed by atoms with E-state index < -0.39 is 0 Å². The van der Waals surface area contributed by atoms with Crippen LogP contribution in [0.15, 0.2) is 18.3 Å². The second-order valence-corrected chi connectivity index (χ2v) is 4.11. The van der Waals surface area contributed by atoms with E-state index in [2.05, 4.69) is 28.9 Å². The highest BCUT2D eigenvalue weighted by molar-refractivity contribution is 7.80. The number of hydrogen-bond acceptors (Lipinski definition) is 4. The minimum Gasteiger partial charge on any atom is -0.393 e. The molecule has 1 aromatic rings. The molecule has 0 amide bonds. The summed E-state index contributed by atoms with van der Waals surface area (Å²) in [5.74, 6) is 0.865. The van der Waals surface area contributed by atoms with Crippen molar-refractivity contribution in [3.8, 4) is 0 Å². The molecule has 0 aliphatic rings. The number of nitrogens with zero attached hydrogens (tertiary/aromatic N) is 3. The minimum atomic E-state index is 0.357. The van der Waals surface area contributed by atoms with Gasteiger partial charge in [0.1, 0.15) is 0 Å². The molecule has 2 N–H and O–H groups in total. The molecule has 0 unspecified atom stereocenters. The SMILES string of the molecule is CC(C)N(CCC(N)=S)c1cccnn1. The molecule has 82 valence electrons. The molecule has 0 fully saturated rings. The first-order valence-electron chi connectivity index (χ1n) is 4.94. The highest BCUT2D eigenvalue weighted by Gasteiger charge is 2.11. The van der Waals surface area contributed by atoms with Gasteiger partial charge in [-0.25, -0.2) is 0 Å². The number of hydrogen-bond donors (Lipinski definition) is 1. The number of nitrogens with two attached hydrogens (primary N) is 1. The van der Waals surface area contributed by atoms with Crippen LogP contribution in [0.1, 0.15) is 20.3 Å². The van der Waals surface area contributed by atoms with Gasteiger partial charge in [0.05, 0.1) is 4.99 Å². The van der Waals surface area contributed by atoms with Crippen LogP contribution in [0.25, 0.3) is 0 Å². The minimum absolute atomic E-state index is 0.357. The van der Waals surface area contributed by atoms with E-state index in [0.29, 0.717) is 17.5 Å². The van der Waals surface area contributed by atoms with Gasteiger partial charge in [-0.2, -0.15) is 5.10 Å². The van der Waals surface area contributed by atoms with Crippen LogP contribution < -0.4 is 10.6 Å². The Morgan fingerprint density at radius 1 is 1.60 bits per heavy atom. The molecule has 0 aliphatic heterocycles. The molecule has 0 saturated carbocycles. The van der Waals surface area contributed by atoms with Crippen LogP contribution in [-0.4, -0.2) is 27.8 Å². The maximum Gasteiger partial charge on any atom is 0.151 e. The van der Waals surface area contributed by atoms with Crippen molar-refractivity contribution in [2.45, 2.75) is 26.3 Å². The predicted molar refractivity (Wildman–Crippen MR) is 65.9 cm³/mol. The third-order valence-electron chi connectivity index (χ3n) is 2.07. The Labute approximate surface area is 95.5 Å². The molecule has 1 rings (SSSR count). The molecule has 5 heteroatoms. The third kappa shape index (κ3) is 3.79. The molecule has 0 atom stereocenters. The Morgan fingerprint density at radius 2 is 2.33 bits per heavy atom. The number of thiocarbonyl (C=S) groups is 1. The second kappa shape index (κ2) is 5.60. The van der Waals surface area contributed by atoms with Gasteiger partial charge in [0.25, 0.3) is 0 Å². The van der Waals surface area contributed by atoms with Crippen molar-refractivity contribution < 1.29 is 0 Å². The number of rotatable bonds is 5. The molecule has 4 nitrogen and oxygen atoms in total. The van der Waals surface area contributed by atoms with Gasteiger partial charge in [-0.15, -0.1) is 5.10 Å². The first kappa shape index (κ1) is 11.8. The van der Waals surface area contributed by atoms with Crippen molar-refractivity contribution in [1.82, 2.24) is 10.2 Å². The summed E-state index contributed by atoms with van der Waals surface area (Å²) in [4.78, 5) is 2.66. The van der Waals surface area contributed by atoms with Crippen LogP contribution in [0, 0.1) is 0 Å². The van der Waals surface area contributed by atoms with Gasteiger partial charge in [0.2, 0.25) is 0 Å². The Balaban J connectivity index is 2.70. The summed E-state index contributed by atoms with van der Waals surface area (Å²) < 4.78 is 0. The molecular weight excluding hydrogens is 208 g/mol. The highest BCUT2D eigenvalue weighted by Crippen LogP contribution is 2.12. The quantitative estimate of drug-likeness (QED) is 0.765. The summed E-state index contributed by atoms with van der Waals surface area (Å²) in [5.41, 5.74) is 5.49. The maximum atomic E-state index is 5.49. The van der Waals surface area contributed by atoms with E-state index >= 15 is 0 Å². The average Bonchev–Trinajstić information content (AvgIpc) is 2.18. The third-order valence-corrected chi connectivity index (χ3v) is 2.28. The van der Waals surface area contributed by atoms with Crippen LogP contribution >= 0.6 is 12.2 Å². The van der Waals surface area contributed by atoms with E-state index in [1.165, 1.54) is 0 Å². The van der Waals surface area contributed by atoms with Gasteiger partial charge in [0.15, 0.2) is 5.82 Å². The van der Waals surface area contributed by atoms with Gasteiger partial charge in [-0.1, -0.05) is 12.2 Å².